The summed E-state index contributed by atoms with van der Waals surface area (Å²) in [7, 11) is -3.73. The second kappa shape index (κ2) is 6.15. The number of carbonyl (C=O) groups is 1. The quantitative estimate of drug-likeness (QED) is 0.469. The number of nitrogens with zero attached hydrogens (tertiary/aromatic N) is 2. The van der Waals surface area contributed by atoms with E-state index in [0.717, 1.165) is 0 Å². The predicted octanol–water partition coefficient (Wildman–Crippen LogP) is 0.938. The molecule has 20 heavy (non-hydrogen) atoms. The van der Waals surface area contributed by atoms with Gasteiger partial charge in [0.15, 0.2) is 5.78 Å². The molecule has 6 nitrogen and oxygen atoms in total. The van der Waals surface area contributed by atoms with Gasteiger partial charge < -0.3 is 9.64 Å². The van der Waals surface area contributed by atoms with Crippen molar-refractivity contribution in [3.8, 4) is 0 Å². The van der Waals surface area contributed by atoms with Gasteiger partial charge in [-0.2, -0.15) is 8.42 Å². The maximum atomic E-state index is 12.0. The molecule has 1 aromatic rings. The summed E-state index contributed by atoms with van der Waals surface area (Å²) >= 11 is 0. The lowest BCUT2D eigenvalue weighted by Gasteiger charge is -2.23. The van der Waals surface area contributed by atoms with E-state index in [1.165, 1.54) is 37.5 Å². The van der Waals surface area contributed by atoms with Crippen LogP contribution in [0.25, 0.3) is 0 Å². The van der Waals surface area contributed by atoms with Gasteiger partial charge in [0.25, 0.3) is 10.0 Å². The molecule has 0 atom stereocenters. The molecule has 0 aromatic heterocycles. The Morgan fingerprint density at radius 3 is 2.40 bits per heavy atom. The zero-order chi connectivity index (χ0) is 14.6. The minimum Gasteiger partial charge on any atom is -0.378 e. The van der Waals surface area contributed by atoms with Crippen LogP contribution >= 0.6 is 0 Å². The minimum absolute atomic E-state index is 0.0759. The molecule has 0 spiro atoms. The molecule has 2 rings (SSSR count). The molecule has 0 amide bonds. The van der Waals surface area contributed by atoms with Crippen LogP contribution in [0.1, 0.15) is 17.3 Å². The van der Waals surface area contributed by atoms with Crippen LogP contribution < -0.4 is 0 Å². The lowest BCUT2D eigenvalue weighted by atomic mass is 10.2. The van der Waals surface area contributed by atoms with Crippen molar-refractivity contribution in [1.82, 2.24) is 4.90 Å². The summed E-state index contributed by atoms with van der Waals surface area (Å²) in [6.45, 7) is 3.82. The molecule has 0 radical (unpaired) electrons. The van der Waals surface area contributed by atoms with Gasteiger partial charge in [0.05, 0.1) is 18.1 Å². The van der Waals surface area contributed by atoms with Crippen molar-refractivity contribution in [2.45, 2.75) is 11.8 Å². The summed E-state index contributed by atoms with van der Waals surface area (Å²) in [6, 6.07) is 5.75. The Morgan fingerprint density at radius 1 is 1.25 bits per heavy atom. The number of Topliss-reactive ketones (excluding diaryl/α,β-unsaturated/α-hetero) is 1. The Labute approximate surface area is 118 Å². The molecule has 0 unspecified atom stereocenters. The Hall–Kier alpha value is -1.73. The topological polar surface area (TPSA) is 76.0 Å². The molecule has 1 aromatic carbocycles. The number of sulfonamides is 1. The predicted molar refractivity (Wildman–Crippen MR) is 74.5 cm³/mol. The number of ketones is 1. The van der Waals surface area contributed by atoms with E-state index in [1.54, 1.807) is 4.90 Å². The fourth-order valence-electron chi connectivity index (χ4n) is 1.74. The average Bonchev–Trinajstić information content (AvgIpc) is 2.46. The van der Waals surface area contributed by atoms with Crippen molar-refractivity contribution in [1.29, 1.82) is 0 Å². The standard InChI is InChI=1S/C13H16N2O4S/c1-11(16)12-2-4-13(5-3-12)20(17,18)14-10-15-6-8-19-9-7-15/h2-5,10H,6-9H2,1H3. The van der Waals surface area contributed by atoms with Gasteiger partial charge in [0.2, 0.25) is 0 Å². The number of morpholine rings is 1. The number of hydrogen-bond donors (Lipinski definition) is 0. The first-order valence-corrected chi connectivity index (χ1v) is 7.66. The monoisotopic (exact) mass is 296 g/mol. The summed E-state index contributed by atoms with van der Waals surface area (Å²) < 4.78 is 32.9. The Balaban J connectivity index is 2.13. The molecule has 1 saturated heterocycles. The van der Waals surface area contributed by atoms with Crippen molar-refractivity contribution < 1.29 is 17.9 Å². The second-order valence-corrected chi connectivity index (χ2v) is 6.06. The number of ether oxygens (including phenoxy) is 1. The molecule has 1 aliphatic heterocycles. The third-order valence-corrected chi connectivity index (χ3v) is 4.19. The number of benzene rings is 1. The van der Waals surface area contributed by atoms with Gasteiger partial charge in [0, 0.05) is 18.7 Å². The van der Waals surface area contributed by atoms with Crippen LogP contribution in [0.15, 0.2) is 33.6 Å². The molecule has 1 aliphatic rings. The molecular formula is C13H16N2O4S. The smallest absolute Gasteiger partial charge is 0.283 e. The average molecular weight is 296 g/mol. The van der Waals surface area contributed by atoms with Crippen molar-refractivity contribution in [2.75, 3.05) is 26.3 Å². The largest absolute Gasteiger partial charge is 0.378 e. The molecular weight excluding hydrogens is 280 g/mol. The van der Waals surface area contributed by atoms with E-state index in [4.69, 9.17) is 4.74 Å². The highest BCUT2D eigenvalue weighted by Crippen LogP contribution is 2.13. The van der Waals surface area contributed by atoms with E-state index >= 15 is 0 Å². The molecule has 0 N–H and O–H groups in total. The van der Waals surface area contributed by atoms with Crippen LogP contribution in [-0.4, -0.2) is 51.7 Å². The summed E-state index contributed by atoms with van der Waals surface area (Å²) in [6.07, 6.45) is 1.33. The van der Waals surface area contributed by atoms with E-state index in [0.29, 0.717) is 31.9 Å². The highest BCUT2D eigenvalue weighted by Gasteiger charge is 2.14. The Bertz CT molecular complexity index is 602. The van der Waals surface area contributed by atoms with Gasteiger partial charge in [-0.3, -0.25) is 4.79 Å². The summed E-state index contributed by atoms with van der Waals surface area (Å²) in [5.74, 6) is -0.106. The number of carbonyl (C=O) groups excluding carboxylic acids is 1. The molecule has 108 valence electrons. The van der Waals surface area contributed by atoms with E-state index < -0.39 is 10.0 Å². The van der Waals surface area contributed by atoms with Crippen molar-refractivity contribution >= 4 is 22.1 Å². The third-order valence-electron chi connectivity index (χ3n) is 2.95. The first-order chi connectivity index (χ1) is 9.49. The molecule has 1 fully saturated rings. The highest BCUT2D eigenvalue weighted by molar-refractivity contribution is 7.90. The van der Waals surface area contributed by atoms with E-state index in [-0.39, 0.29) is 10.7 Å². The van der Waals surface area contributed by atoms with Crippen molar-refractivity contribution in [3.63, 3.8) is 0 Å². The zero-order valence-corrected chi connectivity index (χ0v) is 12.0. The van der Waals surface area contributed by atoms with Gasteiger partial charge in [-0.1, -0.05) is 12.1 Å². The molecule has 1 heterocycles. The second-order valence-electron chi connectivity index (χ2n) is 4.42. The number of hydrogen-bond acceptors (Lipinski definition) is 4. The molecule has 7 heteroatoms. The van der Waals surface area contributed by atoms with Crippen LogP contribution in [0.3, 0.4) is 0 Å². The fraction of sp³-hybridized carbons (Fsp3) is 0.385. The van der Waals surface area contributed by atoms with Crippen molar-refractivity contribution in [2.24, 2.45) is 4.40 Å². The Morgan fingerprint density at radius 2 is 1.85 bits per heavy atom. The van der Waals surface area contributed by atoms with Gasteiger partial charge in [-0.15, -0.1) is 4.40 Å². The summed E-state index contributed by atoms with van der Waals surface area (Å²) in [4.78, 5) is 13.0. The Kier molecular flexibility index (Phi) is 4.51. The first kappa shape index (κ1) is 14.7. The minimum atomic E-state index is -3.73. The van der Waals surface area contributed by atoms with Crippen LogP contribution in [0.5, 0.6) is 0 Å². The van der Waals surface area contributed by atoms with Crippen LogP contribution in [0.2, 0.25) is 0 Å². The molecule has 0 aliphatic carbocycles. The summed E-state index contributed by atoms with van der Waals surface area (Å²) in [5.41, 5.74) is 0.473. The number of rotatable bonds is 4. The van der Waals surface area contributed by atoms with Gasteiger partial charge >= 0.3 is 0 Å². The molecule has 0 saturated carbocycles. The van der Waals surface area contributed by atoms with Gasteiger partial charge in [-0.05, 0) is 19.1 Å². The first-order valence-electron chi connectivity index (χ1n) is 6.22. The lowest BCUT2D eigenvalue weighted by Crippen LogP contribution is -2.35. The highest BCUT2D eigenvalue weighted by atomic mass is 32.2. The maximum Gasteiger partial charge on any atom is 0.283 e. The van der Waals surface area contributed by atoms with Crippen molar-refractivity contribution in [3.05, 3.63) is 29.8 Å². The van der Waals surface area contributed by atoms with Gasteiger partial charge in [0.1, 0.15) is 6.34 Å². The maximum absolute atomic E-state index is 12.0. The van der Waals surface area contributed by atoms with E-state index in [1.807, 2.05) is 0 Å². The zero-order valence-electron chi connectivity index (χ0n) is 11.2. The fourth-order valence-corrected chi connectivity index (χ4v) is 2.60. The van der Waals surface area contributed by atoms with E-state index in [9.17, 15) is 13.2 Å². The van der Waals surface area contributed by atoms with Crippen LogP contribution in [0, 0.1) is 0 Å². The normalized spacial score (nSPS) is 16.6. The van der Waals surface area contributed by atoms with Gasteiger partial charge in [-0.25, -0.2) is 0 Å². The van der Waals surface area contributed by atoms with Crippen LogP contribution in [0.4, 0.5) is 0 Å². The third kappa shape index (κ3) is 3.64. The molecule has 0 bridgehead atoms. The SMILES string of the molecule is CC(=O)c1ccc(S(=O)(=O)N=CN2CCOCC2)cc1. The lowest BCUT2D eigenvalue weighted by molar-refractivity contribution is 0.0701. The van der Waals surface area contributed by atoms with E-state index in [2.05, 4.69) is 4.40 Å². The summed E-state index contributed by atoms with van der Waals surface area (Å²) in [5, 5.41) is 0. The van der Waals surface area contributed by atoms with Crippen LogP contribution in [-0.2, 0) is 14.8 Å².